The Balaban J connectivity index is 2.38. The van der Waals surface area contributed by atoms with Crippen LogP contribution in [0.5, 0.6) is 5.75 Å². The number of fused-ring (bicyclic) bond motifs is 1. The number of hydrogen-bond donors (Lipinski definition) is 2. The number of esters is 1. The summed E-state index contributed by atoms with van der Waals surface area (Å²) in [5.74, 6) is -1.14. The van der Waals surface area contributed by atoms with Gasteiger partial charge in [0.15, 0.2) is 0 Å². The van der Waals surface area contributed by atoms with Crippen LogP contribution in [0.25, 0.3) is 10.8 Å². The zero-order chi connectivity index (χ0) is 16.3. The number of carbonyl (C=O) groups excluding carboxylic acids is 2. The number of phenols is 1. The Morgan fingerprint density at radius 2 is 1.91 bits per heavy atom. The van der Waals surface area contributed by atoms with Gasteiger partial charge in [-0.3, -0.25) is 4.79 Å². The summed E-state index contributed by atoms with van der Waals surface area (Å²) in [5, 5.41) is 14.4. The van der Waals surface area contributed by atoms with Crippen LogP contribution in [-0.2, 0) is 9.53 Å². The molecule has 1 amide bonds. The van der Waals surface area contributed by atoms with Gasteiger partial charge in [-0.1, -0.05) is 37.3 Å². The maximum absolute atomic E-state index is 12.4. The molecular formula is C17H19NO4. The second-order valence-electron chi connectivity index (χ2n) is 5.31. The first-order valence-electron chi connectivity index (χ1n) is 7.04. The normalized spacial score (nSPS) is 13.4. The number of aromatic hydroxyl groups is 1. The van der Waals surface area contributed by atoms with Crippen molar-refractivity contribution < 1.29 is 19.4 Å². The lowest BCUT2D eigenvalue weighted by molar-refractivity contribution is -0.147. The molecule has 0 saturated heterocycles. The van der Waals surface area contributed by atoms with Gasteiger partial charge in [-0.25, -0.2) is 4.79 Å². The average molecular weight is 301 g/mol. The van der Waals surface area contributed by atoms with Gasteiger partial charge in [0.1, 0.15) is 11.3 Å². The zero-order valence-corrected chi connectivity index (χ0v) is 12.8. The van der Waals surface area contributed by atoms with Gasteiger partial charge in [-0.15, -0.1) is 0 Å². The number of methoxy groups -OCH3 is 1. The second-order valence-corrected chi connectivity index (χ2v) is 5.31. The SMILES string of the molecule is CCC(C)(NC(=O)c1ccc2ccccc2c1O)C(=O)OC. The van der Waals surface area contributed by atoms with Crippen molar-refractivity contribution in [1.82, 2.24) is 5.32 Å². The predicted molar refractivity (Wildman–Crippen MR) is 83.8 cm³/mol. The molecule has 0 radical (unpaired) electrons. The summed E-state index contributed by atoms with van der Waals surface area (Å²) < 4.78 is 4.73. The van der Waals surface area contributed by atoms with E-state index in [0.29, 0.717) is 11.8 Å². The Labute approximate surface area is 128 Å². The maximum Gasteiger partial charge on any atom is 0.331 e. The molecule has 5 nitrogen and oxygen atoms in total. The lowest BCUT2D eigenvalue weighted by atomic mass is 9.97. The molecule has 22 heavy (non-hydrogen) atoms. The third-order valence-corrected chi connectivity index (χ3v) is 3.88. The predicted octanol–water partition coefficient (Wildman–Crippen LogP) is 2.62. The van der Waals surface area contributed by atoms with Crippen LogP contribution in [-0.4, -0.2) is 29.6 Å². The molecule has 0 aliphatic rings. The lowest BCUT2D eigenvalue weighted by Gasteiger charge is -2.26. The fourth-order valence-electron chi connectivity index (χ4n) is 2.27. The molecule has 0 bridgehead atoms. The van der Waals surface area contributed by atoms with Crippen LogP contribution < -0.4 is 5.32 Å². The number of carbonyl (C=O) groups is 2. The summed E-state index contributed by atoms with van der Waals surface area (Å²) in [6, 6.07) is 10.5. The standard InChI is InChI=1S/C17H19NO4/c1-4-17(2,16(21)22-3)18-15(20)13-10-9-11-7-5-6-8-12(11)14(13)19/h5-10,19H,4H2,1-3H3,(H,18,20). The van der Waals surface area contributed by atoms with Crippen molar-refractivity contribution in [3.8, 4) is 5.75 Å². The first kappa shape index (κ1) is 15.8. The number of rotatable bonds is 4. The van der Waals surface area contributed by atoms with E-state index in [4.69, 9.17) is 4.74 Å². The lowest BCUT2D eigenvalue weighted by Crippen LogP contribution is -2.52. The van der Waals surface area contributed by atoms with Gasteiger partial charge in [-0.05, 0) is 24.8 Å². The van der Waals surface area contributed by atoms with Crippen LogP contribution >= 0.6 is 0 Å². The van der Waals surface area contributed by atoms with Crippen molar-refractivity contribution >= 4 is 22.6 Å². The van der Waals surface area contributed by atoms with Crippen LogP contribution in [0.2, 0.25) is 0 Å². The minimum Gasteiger partial charge on any atom is -0.506 e. The van der Waals surface area contributed by atoms with Gasteiger partial charge in [-0.2, -0.15) is 0 Å². The monoisotopic (exact) mass is 301 g/mol. The molecule has 0 aromatic heterocycles. The van der Waals surface area contributed by atoms with Gasteiger partial charge >= 0.3 is 5.97 Å². The molecule has 0 aliphatic carbocycles. The Bertz CT molecular complexity index is 726. The molecule has 116 valence electrons. The van der Waals surface area contributed by atoms with Crippen LogP contribution in [0.3, 0.4) is 0 Å². The molecule has 2 N–H and O–H groups in total. The van der Waals surface area contributed by atoms with E-state index in [1.54, 1.807) is 38.1 Å². The van der Waals surface area contributed by atoms with Crippen molar-refractivity contribution in [2.45, 2.75) is 25.8 Å². The second kappa shape index (κ2) is 6.05. The molecule has 0 aliphatic heterocycles. The van der Waals surface area contributed by atoms with E-state index >= 15 is 0 Å². The molecule has 0 spiro atoms. The number of amides is 1. The number of hydrogen-bond acceptors (Lipinski definition) is 4. The van der Waals surface area contributed by atoms with E-state index in [9.17, 15) is 14.7 Å². The van der Waals surface area contributed by atoms with Crippen LogP contribution in [0.1, 0.15) is 30.6 Å². The topological polar surface area (TPSA) is 75.6 Å². The largest absolute Gasteiger partial charge is 0.506 e. The molecule has 2 rings (SSSR count). The first-order chi connectivity index (χ1) is 10.4. The van der Waals surface area contributed by atoms with Gasteiger partial charge in [0.25, 0.3) is 5.91 Å². The third-order valence-electron chi connectivity index (χ3n) is 3.88. The van der Waals surface area contributed by atoms with Gasteiger partial charge in [0, 0.05) is 5.39 Å². The summed E-state index contributed by atoms with van der Waals surface area (Å²) >= 11 is 0. The molecule has 0 heterocycles. The highest BCUT2D eigenvalue weighted by atomic mass is 16.5. The summed E-state index contributed by atoms with van der Waals surface area (Å²) in [6.45, 7) is 3.37. The number of benzene rings is 2. The van der Waals surface area contributed by atoms with Crippen molar-refractivity contribution in [1.29, 1.82) is 0 Å². The first-order valence-corrected chi connectivity index (χ1v) is 7.04. The Kier molecular flexibility index (Phi) is 4.35. The smallest absolute Gasteiger partial charge is 0.331 e. The van der Waals surface area contributed by atoms with E-state index < -0.39 is 17.4 Å². The Morgan fingerprint density at radius 1 is 1.23 bits per heavy atom. The third kappa shape index (κ3) is 2.74. The summed E-state index contributed by atoms with van der Waals surface area (Å²) in [6.07, 6.45) is 0.375. The highest BCUT2D eigenvalue weighted by Gasteiger charge is 2.35. The average Bonchev–Trinajstić information content (AvgIpc) is 2.54. The molecule has 2 aromatic rings. The number of nitrogens with one attached hydrogen (secondary N) is 1. The fraction of sp³-hybridized carbons (Fsp3) is 0.294. The summed E-state index contributed by atoms with van der Waals surface area (Å²) in [5.41, 5.74) is -1.01. The van der Waals surface area contributed by atoms with Gasteiger partial charge in [0.2, 0.25) is 0 Å². The number of ether oxygens (including phenoxy) is 1. The minimum atomic E-state index is -1.14. The molecule has 0 saturated carbocycles. The molecule has 1 unspecified atom stereocenters. The quantitative estimate of drug-likeness (QED) is 0.851. The van der Waals surface area contributed by atoms with E-state index in [-0.39, 0.29) is 11.3 Å². The van der Waals surface area contributed by atoms with Crippen molar-refractivity contribution in [2.24, 2.45) is 0 Å². The van der Waals surface area contributed by atoms with Crippen LogP contribution in [0.15, 0.2) is 36.4 Å². The zero-order valence-electron chi connectivity index (χ0n) is 12.8. The van der Waals surface area contributed by atoms with Crippen LogP contribution in [0, 0.1) is 0 Å². The molecule has 5 heteroatoms. The van der Waals surface area contributed by atoms with E-state index in [0.717, 1.165) is 5.39 Å². The molecule has 1 atom stereocenters. The van der Waals surface area contributed by atoms with Crippen molar-refractivity contribution in [2.75, 3.05) is 7.11 Å². The Hall–Kier alpha value is -2.56. The Morgan fingerprint density at radius 3 is 2.55 bits per heavy atom. The molecule has 0 fully saturated rings. The highest BCUT2D eigenvalue weighted by Crippen LogP contribution is 2.29. The van der Waals surface area contributed by atoms with E-state index in [1.165, 1.54) is 7.11 Å². The van der Waals surface area contributed by atoms with Crippen LogP contribution in [0.4, 0.5) is 0 Å². The molecule has 2 aromatic carbocycles. The van der Waals surface area contributed by atoms with Crippen molar-refractivity contribution in [3.05, 3.63) is 42.0 Å². The van der Waals surface area contributed by atoms with Gasteiger partial charge in [0.05, 0.1) is 12.7 Å². The fourth-order valence-corrected chi connectivity index (χ4v) is 2.27. The minimum absolute atomic E-state index is 0.0982. The van der Waals surface area contributed by atoms with Crippen molar-refractivity contribution in [3.63, 3.8) is 0 Å². The van der Waals surface area contributed by atoms with Gasteiger partial charge < -0.3 is 15.2 Å². The van der Waals surface area contributed by atoms with E-state index in [1.807, 2.05) is 12.1 Å². The summed E-state index contributed by atoms with van der Waals surface area (Å²) in [4.78, 5) is 24.3. The molecular weight excluding hydrogens is 282 g/mol. The summed E-state index contributed by atoms with van der Waals surface area (Å²) in [7, 11) is 1.27. The van der Waals surface area contributed by atoms with E-state index in [2.05, 4.69) is 5.32 Å². The maximum atomic E-state index is 12.4. The number of phenolic OH excluding ortho intramolecular Hbond substituents is 1. The highest BCUT2D eigenvalue weighted by molar-refractivity contribution is 6.05.